The Bertz CT molecular complexity index is 891. The minimum absolute atomic E-state index is 0.0756. The van der Waals surface area contributed by atoms with E-state index in [2.05, 4.69) is 48.2 Å². The fourth-order valence-corrected chi connectivity index (χ4v) is 3.81. The summed E-state index contributed by atoms with van der Waals surface area (Å²) in [6, 6.07) is 9.98. The van der Waals surface area contributed by atoms with Crippen LogP contribution in [-0.4, -0.2) is 21.6 Å². The highest BCUT2D eigenvalue weighted by Crippen LogP contribution is 2.29. The van der Waals surface area contributed by atoms with Gasteiger partial charge in [0.1, 0.15) is 0 Å². The van der Waals surface area contributed by atoms with Crippen molar-refractivity contribution in [3.8, 4) is 11.3 Å². The highest BCUT2D eigenvalue weighted by molar-refractivity contribution is 7.99. The van der Waals surface area contributed by atoms with Crippen LogP contribution in [0.15, 0.2) is 46.9 Å². The zero-order valence-electron chi connectivity index (χ0n) is 14.4. The third-order valence-electron chi connectivity index (χ3n) is 3.86. The number of thioether (sulfide) groups is 1. The molecule has 1 N–H and O–H groups in total. The van der Waals surface area contributed by atoms with E-state index in [1.165, 1.54) is 39.8 Å². The summed E-state index contributed by atoms with van der Waals surface area (Å²) in [5.74, 6) is 0.238. The van der Waals surface area contributed by atoms with Crippen molar-refractivity contribution in [1.82, 2.24) is 9.97 Å². The maximum atomic E-state index is 12.1. The molecule has 0 aliphatic rings. The average Bonchev–Trinajstić information content (AvgIpc) is 3.05. The Morgan fingerprint density at radius 3 is 2.72 bits per heavy atom. The van der Waals surface area contributed by atoms with E-state index in [9.17, 15) is 4.79 Å². The van der Waals surface area contributed by atoms with E-state index in [1.807, 2.05) is 23.6 Å². The first-order valence-corrected chi connectivity index (χ1v) is 9.77. The first-order valence-electron chi connectivity index (χ1n) is 7.90. The lowest BCUT2D eigenvalue weighted by Crippen LogP contribution is -2.13. The van der Waals surface area contributed by atoms with Crippen molar-refractivity contribution in [2.24, 2.45) is 0 Å². The Morgan fingerprint density at radius 2 is 1.96 bits per heavy atom. The first-order chi connectivity index (χ1) is 12.0. The van der Waals surface area contributed by atoms with E-state index in [1.54, 1.807) is 6.20 Å². The van der Waals surface area contributed by atoms with E-state index in [0.29, 0.717) is 10.9 Å². The number of nitrogens with one attached hydrogen (secondary N) is 1. The van der Waals surface area contributed by atoms with E-state index in [-0.39, 0.29) is 5.91 Å². The van der Waals surface area contributed by atoms with Crippen LogP contribution in [0, 0.1) is 20.8 Å². The number of aryl methyl sites for hydroxylation is 3. The van der Waals surface area contributed by atoms with Crippen LogP contribution in [0.4, 0.5) is 5.13 Å². The monoisotopic (exact) mass is 369 g/mol. The van der Waals surface area contributed by atoms with Crippen molar-refractivity contribution < 1.29 is 4.79 Å². The zero-order chi connectivity index (χ0) is 17.8. The van der Waals surface area contributed by atoms with Crippen molar-refractivity contribution in [2.45, 2.75) is 25.8 Å². The van der Waals surface area contributed by atoms with Crippen molar-refractivity contribution in [3.05, 3.63) is 58.6 Å². The van der Waals surface area contributed by atoms with E-state index in [0.717, 1.165) is 16.3 Å². The summed E-state index contributed by atoms with van der Waals surface area (Å²) in [6.07, 6.45) is 1.72. The summed E-state index contributed by atoms with van der Waals surface area (Å²) >= 11 is 2.86. The average molecular weight is 370 g/mol. The number of amides is 1. The molecule has 0 aliphatic carbocycles. The molecule has 0 bridgehead atoms. The number of aromatic nitrogens is 2. The van der Waals surface area contributed by atoms with E-state index >= 15 is 0 Å². The van der Waals surface area contributed by atoms with Crippen molar-refractivity contribution in [2.75, 3.05) is 11.1 Å². The van der Waals surface area contributed by atoms with Crippen LogP contribution < -0.4 is 5.32 Å². The van der Waals surface area contributed by atoms with Gasteiger partial charge in [-0.1, -0.05) is 23.9 Å². The summed E-state index contributed by atoms with van der Waals surface area (Å²) in [5, 5.41) is 6.31. The molecule has 3 aromatic rings. The van der Waals surface area contributed by atoms with Crippen molar-refractivity contribution >= 4 is 34.1 Å². The predicted molar refractivity (Wildman–Crippen MR) is 105 cm³/mol. The molecule has 0 saturated heterocycles. The molecule has 0 atom stereocenters. The van der Waals surface area contributed by atoms with Crippen molar-refractivity contribution in [1.29, 1.82) is 0 Å². The maximum absolute atomic E-state index is 12.1. The van der Waals surface area contributed by atoms with Gasteiger partial charge in [-0.2, -0.15) is 0 Å². The largest absolute Gasteiger partial charge is 0.301 e. The molecule has 2 aromatic heterocycles. The van der Waals surface area contributed by atoms with E-state index in [4.69, 9.17) is 0 Å². The Morgan fingerprint density at radius 1 is 1.16 bits per heavy atom. The summed E-state index contributed by atoms with van der Waals surface area (Å²) < 4.78 is 0. The summed E-state index contributed by atoms with van der Waals surface area (Å²) in [7, 11) is 0. The molecule has 0 saturated carbocycles. The zero-order valence-corrected chi connectivity index (χ0v) is 16.0. The molecule has 0 spiro atoms. The number of carbonyl (C=O) groups is 1. The number of rotatable bonds is 5. The highest BCUT2D eigenvalue weighted by Gasteiger charge is 2.11. The maximum Gasteiger partial charge on any atom is 0.236 e. The second-order valence-electron chi connectivity index (χ2n) is 5.79. The Hall–Kier alpha value is -2.18. The van der Waals surface area contributed by atoms with Crippen LogP contribution in [0.5, 0.6) is 0 Å². The molecular formula is C19H19N3OS2. The second kappa shape index (κ2) is 7.80. The van der Waals surface area contributed by atoms with Gasteiger partial charge in [0.25, 0.3) is 0 Å². The molecule has 0 radical (unpaired) electrons. The van der Waals surface area contributed by atoms with Gasteiger partial charge in [0.05, 0.1) is 16.5 Å². The van der Waals surface area contributed by atoms with Gasteiger partial charge in [0, 0.05) is 17.1 Å². The highest BCUT2D eigenvalue weighted by atomic mass is 32.2. The Balaban J connectivity index is 1.65. The van der Waals surface area contributed by atoms with Crippen LogP contribution in [0.25, 0.3) is 11.3 Å². The SMILES string of the molecule is Cc1cc(C)c(-c2csc(NC(=O)CSc3ccccn3)n2)cc1C. The van der Waals surface area contributed by atoms with Gasteiger partial charge in [-0.15, -0.1) is 11.3 Å². The minimum Gasteiger partial charge on any atom is -0.301 e. The lowest BCUT2D eigenvalue weighted by atomic mass is 9.99. The summed E-state index contributed by atoms with van der Waals surface area (Å²) in [6.45, 7) is 6.29. The number of anilines is 1. The molecule has 1 aromatic carbocycles. The normalized spacial score (nSPS) is 10.7. The van der Waals surface area contributed by atoms with Gasteiger partial charge in [-0.05, 0) is 55.7 Å². The minimum atomic E-state index is -0.0756. The quantitative estimate of drug-likeness (QED) is 0.653. The van der Waals surface area contributed by atoms with Gasteiger partial charge >= 0.3 is 0 Å². The number of carbonyl (C=O) groups excluding carboxylic acids is 1. The van der Waals surface area contributed by atoms with Crippen LogP contribution in [0.3, 0.4) is 0 Å². The number of pyridine rings is 1. The fraction of sp³-hybridized carbons (Fsp3) is 0.211. The third kappa shape index (κ3) is 4.46. The number of hydrogen-bond donors (Lipinski definition) is 1. The van der Waals surface area contributed by atoms with Crippen LogP contribution in [0.1, 0.15) is 16.7 Å². The fourth-order valence-electron chi connectivity index (χ4n) is 2.42. The third-order valence-corrected chi connectivity index (χ3v) is 5.56. The van der Waals surface area contributed by atoms with Gasteiger partial charge in [-0.25, -0.2) is 9.97 Å². The molecule has 3 rings (SSSR count). The Labute approximate surface area is 155 Å². The first kappa shape index (κ1) is 17.6. The molecule has 0 aliphatic heterocycles. The molecule has 0 unspecified atom stereocenters. The topological polar surface area (TPSA) is 54.9 Å². The van der Waals surface area contributed by atoms with Gasteiger partial charge in [0.2, 0.25) is 5.91 Å². The molecule has 1 amide bonds. The molecule has 6 heteroatoms. The Kier molecular flexibility index (Phi) is 5.50. The molecule has 4 nitrogen and oxygen atoms in total. The number of hydrogen-bond acceptors (Lipinski definition) is 5. The molecule has 25 heavy (non-hydrogen) atoms. The van der Waals surface area contributed by atoms with Crippen LogP contribution in [0.2, 0.25) is 0 Å². The smallest absolute Gasteiger partial charge is 0.236 e. The van der Waals surface area contributed by atoms with E-state index < -0.39 is 0 Å². The van der Waals surface area contributed by atoms with Gasteiger partial charge in [0.15, 0.2) is 5.13 Å². The predicted octanol–water partition coefficient (Wildman–Crippen LogP) is 4.86. The molecule has 2 heterocycles. The van der Waals surface area contributed by atoms with Crippen LogP contribution >= 0.6 is 23.1 Å². The lowest BCUT2D eigenvalue weighted by molar-refractivity contribution is -0.113. The molecular weight excluding hydrogens is 350 g/mol. The molecule has 0 fully saturated rings. The molecule has 128 valence electrons. The standard InChI is InChI=1S/C19H19N3OS2/c1-12-8-14(3)15(9-13(12)2)16-10-25-19(21-16)22-17(23)11-24-18-6-4-5-7-20-18/h4-10H,11H2,1-3H3,(H,21,22,23). The lowest BCUT2D eigenvalue weighted by Gasteiger charge is -2.07. The van der Waals surface area contributed by atoms with Gasteiger partial charge < -0.3 is 5.32 Å². The van der Waals surface area contributed by atoms with Gasteiger partial charge in [-0.3, -0.25) is 4.79 Å². The number of thiazole rings is 1. The second-order valence-corrected chi connectivity index (χ2v) is 7.65. The van der Waals surface area contributed by atoms with Crippen LogP contribution in [-0.2, 0) is 4.79 Å². The summed E-state index contributed by atoms with van der Waals surface area (Å²) in [4.78, 5) is 20.9. The number of nitrogens with zero attached hydrogens (tertiary/aromatic N) is 2. The number of benzene rings is 1. The van der Waals surface area contributed by atoms with Crippen molar-refractivity contribution in [3.63, 3.8) is 0 Å². The summed E-state index contributed by atoms with van der Waals surface area (Å²) in [5.41, 5.74) is 5.72.